The Morgan fingerprint density at radius 2 is 2.00 bits per heavy atom. The van der Waals surface area contributed by atoms with Crippen LogP contribution in [0, 0.1) is 6.92 Å². The Kier molecular flexibility index (Phi) is 3.18. The Morgan fingerprint density at radius 1 is 1.20 bits per heavy atom. The number of aromatic nitrogens is 2. The van der Waals surface area contributed by atoms with Crippen molar-refractivity contribution >= 4 is 5.82 Å². The summed E-state index contributed by atoms with van der Waals surface area (Å²) >= 11 is 0. The van der Waals surface area contributed by atoms with E-state index in [9.17, 15) is 0 Å². The molecule has 0 atom stereocenters. The standard InChI is InChI=1S/C15H17N3O2/c1-4-11-9(2)14(16-3)18-15(17-11)10-5-6-12-13(7-10)20-8-19-12/h5-7H,4,8H2,1-3H3,(H,16,17,18). The molecule has 1 aromatic carbocycles. The molecule has 2 heterocycles. The second-order valence-corrected chi connectivity index (χ2v) is 4.64. The van der Waals surface area contributed by atoms with Crippen molar-refractivity contribution in [1.29, 1.82) is 0 Å². The molecule has 0 fully saturated rings. The van der Waals surface area contributed by atoms with E-state index in [-0.39, 0.29) is 6.79 Å². The van der Waals surface area contributed by atoms with Gasteiger partial charge in [-0.15, -0.1) is 0 Å². The molecule has 1 aromatic heterocycles. The van der Waals surface area contributed by atoms with E-state index in [4.69, 9.17) is 9.47 Å². The molecular weight excluding hydrogens is 254 g/mol. The maximum atomic E-state index is 5.40. The van der Waals surface area contributed by atoms with E-state index in [0.717, 1.165) is 40.6 Å². The summed E-state index contributed by atoms with van der Waals surface area (Å²) in [7, 11) is 1.87. The fourth-order valence-corrected chi connectivity index (χ4v) is 2.32. The first-order valence-electron chi connectivity index (χ1n) is 6.68. The first kappa shape index (κ1) is 12.7. The highest BCUT2D eigenvalue weighted by Gasteiger charge is 2.16. The third kappa shape index (κ3) is 2.05. The molecule has 0 bridgehead atoms. The predicted octanol–water partition coefficient (Wildman–Crippen LogP) is 2.78. The molecule has 1 aliphatic heterocycles. The summed E-state index contributed by atoms with van der Waals surface area (Å²) in [4.78, 5) is 9.22. The highest BCUT2D eigenvalue weighted by atomic mass is 16.7. The van der Waals surface area contributed by atoms with E-state index in [1.807, 2.05) is 32.2 Å². The SMILES string of the molecule is CCc1nc(-c2ccc3c(c2)OCO3)nc(NC)c1C. The monoisotopic (exact) mass is 271 g/mol. The summed E-state index contributed by atoms with van der Waals surface area (Å²) in [6.45, 7) is 4.40. The van der Waals surface area contributed by atoms with Crippen LogP contribution in [-0.4, -0.2) is 23.8 Å². The largest absolute Gasteiger partial charge is 0.454 e. The molecule has 5 nitrogen and oxygen atoms in total. The van der Waals surface area contributed by atoms with E-state index in [2.05, 4.69) is 22.2 Å². The van der Waals surface area contributed by atoms with Crippen LogP contribution in [0.15, 0.2) is 18.2 Å². The van der Waals surface area contributed by atoms with Crippen LogP contribution in [0.1, 0.15) is 18.2 Å². The van der Waals surface area contributed by atoms with E-state index in [1.165, 1.54) is 0 Å². The van der Waals surface area contributed by atoms with Crippen LogP contribution in [0.4, 0.5) is 5.82 Å². The third-order valence-electron chi connectivity index (χ3n) is 3.45. The number of nitrogens with zero attached hydrogens (tertiary/aromatic N) is 2. The number of aryl methyl sites for hydroxylation is 1. The van der Waals surface area contributed by atoms with Crippen molar-refractivity contribution in [1.82, 2.24) is 9.97 Å². The zero-order valence-corrected chi connectivity index (χ0v) is 11.9. The van der Waals surface area contributed by atoms with Crippen molar-refractivity contribution in [3.05, 3.63) is 29.5 Å². The lowest BCUT2D eigenvalue weighted by molar-refractivity contribution is 0.174. The molecule has 104 valence electrons. The van der Waals surface area contributed by atoms with Crippen LogP contribution in [-0.2, 0) is 6.42 Å². The van der Waals surface area contributed by atoms with E-state index in [1.54, 1.807) is 0 Å². The summed E-state index contributed by atoms with van der Waals surface area (Å²) in [5, 5.41) is 3.13. The summed E-state index contributed by atoms with van der Waals surface area (Å²) in [5.41, 5.74) is 3.08. The molecule has 0 saturated carbocycles. The van der Waals surface area contributed by atoms with Crippen molar-refractivity contribution in [2.75, 3.05) is 19.2 Å². The van der Waals surface area contributed by atoms with Gasteiger partial charge in [0.05, 0.1) is 0 Å². The van der Waals surface area contributed by atoms with Crippen LogP contribution in [0.2, 0.25) is 0 Å². The molecule has 3 rings (SSSR count). The molecule has 1 N–H and O–H groups in total. The Labute approximate surface area is 118 Å². The number of hydrogen-bond donors (Lipinski definition) is 1. The summed E-state index contributed by atoms with van der Waals surface area (Å²) in [5.74, 6) is 3.08. The quantitative estimate of drug-likeness (QED) is 0.930. The van der Waals surface area contributed by atoms with Gasteiger partial charge in [0.15, 0.2) is 17.3 Å². The Morgan fingerprint density at radius 3 is 2.75 bits per heavy atom. The lowest BCUT2D eigenvalue weighted by Gasteiger charge is -2.11. The molecule has 0 radical (unpaired) electrons. The van der Waals surface area contributed by atoms with Crippen molar-refractivity contribution in [2.45, 2.75) is 20.3 Å². The second kappa shape index (κ2) is 5.00. The first-order valence-corrected chi connectivity index (χ1v) is 6.68. The minimum atomic E-state index is 0.273. The van der Waals surface area contributed by atoms with Gasteiger partial charge < -0.3 is 14.8 Å². The maximum Gasteiger partial charge on any atom is 0.231 e. The van der Waals surface area contributed by atoms with Gasteiger partial charge in [0, 0.05) is 23.9 Å². The summed E-state index contributed by atoms with van der Waals surface area (Å²) < 4.78 is 10.7. The Hall–Kier alpha value is -2.30. The molecule has 0 saturated heterocycles. The highest BCUT2D eigenvalue weighted by molar-refractivity contribution is 5.64. The fraction of sp³-hybridized carbons (Fsp3) is 0.333. The zero-order chi connectivity index (χ0) is 14.1. The number of nitrogens with one attached hydrogen (secondary N) is 1. The first-order chi connectivity index (χ1) is 9.72. The van der Waals surface area contributed by atoms with Gasteiger partial charge in [0.25, 0.3) is 0 Å². The normalized spacial score (nSPS) is 12.6. The van der Waals surface area contributed by atoms with Crippen molar-refractivity contribution in [2.24, 2.45) is 0 Å². The minimum Gasteiger partial charge on any atom is -0.454 e. The molecule has 0 spiro atoms. The summed E-state index contributed by atoms with van der Waals surface area (Å²) in [6.07, 6.45) is 0.876. The number of hydrogen-bond acceptors (Lipinski definition) is 5. The molecule has 1 aliphatic rings. The van der Waals surface area contributed by atoms with Crippen molar-refractivity contribution in [3.8, 4) is 22.9 Å². The van der Waals surface area contributed by atoms with Crippen LogP contribution >= 0.6 is 0 Å². The number of rotatable bonds is 3. The number of ether oxygens (including phenoxy) is 2. The van der Waals surface area contributed by atoms with E-state index < -0.39 is 0 Å². The van der Waals surface area contributed by atoms with Gasteiger partial charge in [-0.05, 0) is 31.5 Å². The van der Waals surface area contributed by atoms with Crippen LogP contribution in [0.5, 0.6) is 11.5 Å². The molecule has 2 aromatic rings. The van der Waals surface area contributed by atoms with Gasteiger partial charge in [-0.25, -0.2) is 9.97 Å². The summed E-state index contributed by atoms with van der Waals surface area (Å²) in [6, 6.07) is 5.77. The van der Waals surface area contributed by atoms with Gasteiger partial charge in [0.2, 0.25) is 6.79 Å². The lowest BCUT2D eigenvalue weighted by Crippen LogP contribution is -2.04. The van der Waals surface area contributed by atoms with E-state index in [0.29, 0.717) is 5.82 Å². The van der Waals surface area contributed by atoms with Crippen LogP contribution < -0.4 is 14.8 Å². The molecular formula is C15H17N3O2. The van der Waals surface area contributed by atoms with Gasteiger partial charge in [-0.2, -0.15) is 0 Å². The number of benzene rings is 1. The van der Waals surface area contributed by atoms with Crippen LogP contribution in [0.25, 0.3) is 11.4 Å². The van der Waals surface area contributed by atoms with Gasteiger partial charge >= 0.3 is 0 Å². The predicted molar refractivity (Wildman–Crippen MR) is 77.3 cm³/mol. The smallest absolute Gasteiger partial charge is 0.231 e. The molecule has 0 aliphatic carbocycles. The number of anilines is 1. The molecule has 20 heavy (non-hydrogen) atoms. The third-order valence-corrected chi connectivity index (χ3v) is 3.45. The van der Waals surface area contributed by atoms with Crippen LogP contribution in [0.3, 0.4) is 0 Å². The second-order valence-electron chi connectivity index (χ2n) is 4.64. The van der Waals surface area contributed by atoms with Gasteiger partial charge in [0.1, 0.15) is 5.82 Å². The Balaban J connectivity index is 2.09. The Bertz CT molecular complexity index is 631. The zero-order valence-electron chi connectivity index (χ0n) is 11.9. The average molecular weight is 271 g/mol. The molecule has 5 heteroatoms. The minimum absolute atomic E-state index is 0.273. The lowest BCUT2D eigenvalue weighted by atomic mass is 10.1. The highest BCUT2D eigenvalue weighted by Crippen LogP contribution is 2.35. The van der Waals surface area contributed by atoms with Crippen molar-refractivity contribution in [3.63, 3.8) is 0 Å². The fourth-order valence-electron chi connectivity index (χ4n) is 2.32. The van der Waals surface area contributed by atoms with E-state index >= 15 is 0 Å². The average Bonchev–Trinajstić information content (AvgIpc) is 2.95. The number of fused-ring (bicyclic) bond motifs is 1. The molecule has 0 amide bonds. The maximum absolute atomic E-state index is 5.40. The molecule has 0 unspecified atom stereocenters. The topological polar surface area (TPSA) is 56.3 Å². The van der Waals surface area contributed by atoms with Gasteiger partial charge in [-0.1, -0.05) is 6.92 Å². The van der Waals surface area contributed by atoms with Gasteiger partial charge in [-0.3, -0.25) is 0 Å². The van der Waals surface area contributed by atoms with Crippen molar-refractivity contribution < 1.29 is 9.47 Å².